The summed E-state index contributed by atoms with van der Waals surface area (Å²) in [6.07, 6.45) is 0.200. The van der Waals surface area contributed by atoms with Crippen LogP contribution in [0.15, 0.2) is 23.0 Å². The third-order valence-corrected chi connectivity index (χ3v) is 2.80. The average molecular weight is 252 g/mol. The maximum absolute atomic E-state index is 11.9. The molecule has 1 saturated heterocycles. The topological polar surface area (TPSA) is 108 Å². The fourth-order valence-electron chi connectivity index (χ4n) is 1.75. The quantitative estimate of drug-likeness (QED) is 0.662. The summed E-state index contributed by atoms with van der Waals surface area (Å²) in [5.41, 5.74) is -1.81. The second-order valence-corrected chi connectivity index (χ2v) is 4.07. The number of pyridine rings is 1. The van der Waals surface area contributed by atoms with Crippen molar-refractivity contribution in [3.05, 3.63) is 34.2 Å². The molecule has 18 heavy (non-hydrogen) atoms. The summed E-state index contributed by atoms with van der Waals surface area (Å²) >= 11 is 0. The van der Waals surface area contributed by atoms with E-state index in [-0.39, 0.29) is 25.3 Å². The van der Waals surface area contributed by atoms with E-state index in [0.717, 1.165) is 0 Å². The molecule has 2 heterocycles. The second-order valence-electron chi connectivity index (χ2n) is 4.07. The van der Waals surface area contributed by atoms with Crippen LogP contribution in [0.2, 0.25) is 0 Å². The lowest BCUT2D eigenvalue weighted by Crippen LogP contribution is -2.55. The van der Waals surface area contributed by atoms with E-state index in [2.05, 4.69) is 10.3 Å². The number of carbonyl (C=O) groups excluding carboxylic acids is 1. The number of aromatic amines is 1. The highest BCUT2D eigenvalue weighted by molar-refractivity contribution is 5.96. The minimum absolute atomic E-state index is 0.0232. The van der Waals surface area contributed by atoms with Crippen LogP contribution in [0.3, 0.4) is 0 Å². The number of rotatable bonds is 3. The Morgan fingerprint density at radius 1 is 1.44 bits per heavy atom. The van der Waals surface area contributed by atoms with E-state index >= 15 is 0 Å². The molecular formula is C11H12N2O5. The number of hydrogen-bond donors (Lipinski definition) is 3. The summed E-state index contributed by atoms with van der Waals surface area (Å²) in [6.45, 7) is 0.197. The summed E-state index contributed by atoms with van der Waals surface area (Å²) in [5.74, 6) is -1.78. The van der Waals surface area contributed by atoms with Gasteiger partial charge in [-0.05, 0) is 6.07 Å². The van der Waals surface area contributed by atoms with Crippen molar-refractivity contribution in [2.45, 2.75) is 12.0 Å². The van der Waals surface area contributed by atoms with Crippen molar-refractivity contribution in [3.8, 4) is 0 Å². The van der Waals surface area contributed by atoms with Crippen LogP contribution < -0.4 is 10.9 Å². The number of carbonyl (C=O) groups is 2. The Morgan fingerprint density at radius 2 is 2.22 bits per heavy atom. The number of carboxylic acid groups (broad SMARTS) is 1. The number of aliphatic carboxylic acids is 1. The molecule has 0 radical (unpaired) electrons. The monoisotopic (exact) mass is 252 g/mol. The van der Waals surface area contributed by atoms with Gasteiger partial charge in [-0.3, -0.25) is 9.59 Å². The molecule has 0 spiro atoms. The fraction of sp³-hybridized carbons (Fsp3) is 0.364. The first-order valence-corrected chi connectivity index (χ1v) is 5.36. The Bertz CT molecular complexity index is 530. The minimum Gasteiger partial charge on any atom is -0.479 e. The number of H-pyrrole nitrogens is 1. The van der Waals surface area contributed by atoms with Crippen LogP contribution in [-0.4, -0.2) is 40.7 Å². The van der Waals surface area contributed by atoms with Crippen molar-refractivity contribution in [3.63, 3.8) is 0 Å². The molecular weight excluding hydrogens is 240 g/mol. The molecule has 1 aromatic heterocycles. The first kappa shape index (κ1) is 12.3. The van der Waals surface area contributed by atoms with Crippen molar-refractivity contribution in [2.24, 2.45) is 0 Å². The van der Waals surface area contributed by atoms with Crippen molar-refractivity contribution >= 4 is 11.9 Å². The summed E-state index contributed by atoms with van der Waals surface area (Å²) in [5, 5.41) is 11.5. The number of carboxylic acids is 1. The van der Waals surface area contributed by atoms with E-state index < -0.39 is 23.0 Å². The molecule has 1 aliphatic heterocycles. The fourth-order valence-corrected chi connectivity index (χ4v) is 1.75. The van der Waals surface area contributed by atoms with Crippen LogP contribution in [-0.2, 0) is 9.53 Å². The molecule has 0 aliphatic carbocycles. The highest BCUT2D eigenvalue weighted by Gasteiger charge is 2.44. The van der Waals surface area contributed by atoms with Gasteiger partial charge in [0.2, 0.25) is 5.56 Å². The molecule has 3 N–H and O–H groups in total. The summed E-state index contributed by atoms with van der Waals surface area (Å²) in [7, 11) is 0. The van der Waals surface area contributed by atoms with Crippen molar-refractivity contribution in [1.29, 1.82) is 0 Å². The summed E-state index contributed by atoms with van der Waals surface area (Å²) < 4.78 is 5.01. The molecule has 7 heteroatoms. The molecule has 7 nitrogen and oxygen atoms in total. The molecule has 1 unspecified atom stereocenters. The molecule has 1 aliphatic rings. The first-order chi connectivity index (χ1) is 8.53. The number of ether oxygens (including phenoxy) is 1. The molecule has 0 bridgehead atoms. The normalized spacial score (nSPS) is 22.7. The number of hydrogen-bond acceptors (Lipinski definition) is 4. The van der Waals surface area contributed by atoms with Gasteiger partial charge in [0.05, 0.1) is 6.61 Å². The Hall–Kier alpha value is -2.15. The van der Waals surface area contributed by atoms with Gasteiger partial charge in [0, 0.05) is 19.1 Å². The van der Waals surface area contributed by atoms with Crippen LogP contribution in [0.4, 0.5) is 0 Å². The zero-order valence-electron chi connectivity index (χ0n) is 9.43. The second kappa shape index (κ2) is 4.61. The van der Waals surface area contributed by atoms with Gasteiger partial charge in [-0.1, -0.05) is 6.07 Å². The lowest BCUT2D eigenvalue weighted by molar-refractivity contribution is -0.144. The molecule has 1 aromatic rings. The lowest BCUT2D eigenvalue weighted by Gasteiger charge is -2.23. The molecule has 2 rings (SSSR count). The largest absolute Gasteiger partial charge is 0.479 e. The average Bonchev–Trinajstić information content (AvgIpc) is 2.79. The maximum Gasteiger partial charge on any atom is 0.331 e. The predicted molar refractivity (Wildman–Crippen MR) is 60.3 cm³/mol. The van der Waals surface area contributed by atoms with Crippen molar-refractivity contribution < 1.29 is 19.4 Å². The van der Waals surface area contributed by atoms with E-state index in [1.807, 2.05) is 0 Å². The summed E-state index contributed by atoms with van der Waals surface area (Å²) in [4.78, 5) is 36.5. The summed E-state index contributed by atoms with van der Waals surface area (Å²) in [6, 6.07) is 4.09. The van der Waals surface area contributed by atoms with Gasteiger partial charge in [-0.2, -0.15) is 0 Å². The van der Waals surface area contributed by atoms with Gasteiger partial charge in [0.1, 0.15) is 5.69 Å². The van der Waals surface area contributed by atoms with Crippen LogP contribution in [0, 0.1) is 0 Å². The van der Waals surface area contributed by atoms with E-state index in [9.17, 15) is 14.4 Å². The Kier molecular flexibility index (Phi) is 3.15. The molecule has 0 aromatic carbocycles. The van der Waals surface area contributed by atoms with Crippen LogP contribution in [0.25, 0.3) is 0 Å². The molecule has 0 saturated carbocycles. The van der Waals surface area contributed by atoms with E-state index in [4.69, 9.17) is 9.84 Å². The molecule has 1 fully saturated rings. The van der Waals surface area contributed by atoms with Crippen molar-refractivity contribution in [2.75, 3.05) is 13.2 Å². The highest BCUT2D eigenvalue weighted by Crippen LogP contribution is 2.19. The van der Waals surface area contributed by atoms with E-state index in [0.29, 0.717) is 0 Å². The molecule has 1 atom stereocenters. The van der Waals surface area contributed by atoms with Crippen LogP contribution >= 0.6 is 0 Å². The third-order valence-electron chi connectivity index (χ3n) is 2.80. The van der Waals surface area contributed by atoms with Gasteiger partial charge in [-0.25, -0.2) is 4.79 Å². The first-order valence-electron chi connectivity index (χ1n) is 5.36. The number of nitrogens with one attached hydrogen (secondary N) is 2. The smallest absolute Gasteiger partial charge is 0.331 e. The lowest BCUT2D eigenvalue weighted by atomic mass is 9.99. The van der Waals surface area contributed by atoms with Gasteiger partial charge < -0.3 is 20.1 Å². The van der Waals surface area contributed by atoms with Gasteiger partial charge in [0.15, 0.2) is 5.54 Å². The Morgan fingerprint density at radius 3 is 2.78 bits per heavy atom. The third kappa shape index (κ3) is 2.25. The highest BCUT2D eigenvalue weighted by atomic mass is 16.5. The zero-order chi connectivity index (χ0) is 13.2. The van der Waals surface area contributed by atoms with E-state index in [1.54, 1.807) is 0 Å². The van der Waals surface area contributed by atoms with Crippen LogP contribution in [0.1, 0.15) is 16.9 Å². The Labute approximate surface area is 102 Å². The van der Waals surface area contributed by atoms with E-state index in [1.165, 1.54) is 18.2 Å². The SMILES string of the molecule is O=C(NC1(C(=O)O)CCOC1)c1cccc(=O)[nH]1. The predicted octanol–water partition coefficient (Wildman–Crippen LogP) is -0.652. The zero-order valence-corrected chi connectivity index (χ0v) is 9.43. The van der Waals surface area contributed by atoms with Crippen LogP contribution in [0.5, 0.6) is 0 Å². The number of aromatic nitrogens is 1. The molecule has 1 amide bonds. The van der Waals surface area contributed by atoms with Gasteiger partial charge >= 0.3 is 5.97 Å². The van der Waals surface area contributed by atoms with Gasteiger partial charge in [-0.15, -0.1) is 0 Å². The standard InChI is InChI=1S/C11H12N2O5/c14-8-3-1-2-7(12-8)9(15)13-11(10(16)17)4-5-18-6-11/h1-3H,4-6H2,(H,12,14)(H,13,15)(H,16,17). The molecule has 96 valence electrons. The minimum atomic E-state index is -1.41. The van der Waals surface area contributed by atoms with Crippen molar-refractivity contribution in [1.82, 2.24) is 10.3 Å². The number of amides is 1. The maximum atomic E-state index is 11.9. The van der Waals surface area contributed by atoms with Gasteiger partial charge in [0.25, 0.3) is 5.91 Å². The Balaban J connectivity index is 2.20.